The average molecular weight is 287 g/mol. The Morgan fingerprint density at radius 3 is 2.72 bits per heavy atom. The van der Waals surface area contributed by atoms with E-state index in [1.165, 1.54) is 29.7 Å². The lowest BCUT2D eigenvalue weighted by Gasteiger charge is -2.15. The third kappa shape index (κ3) is 2.69. The van der Waals surface area contributed by atoms with Gasteiger partial charge >= 0.3 is 0 Å². The van der Waals surface area contributed by atoms with Crippen molar-refractivity contribution in [1.29, 1.82) is 0 Å². The maximum Gasteiger partial charge on any atom is 0.244 e. The number of hydrogen-bond donors (Lipinski definition) is 1. The van der Waals surface area contributed by atoms with E-state index >= 15 is 0 Å². The Morgan fingerprint density at radius 2 is 2.17 bits per heavy atom. The number of nitrogens with zero attached hydrogens (tertiary/aromatic N) is 3. The Balaban J connectivity index is 2.22. The fourth-order valence-electron chi connectivity index (χ4n) is 1.40. The van der Waals surface area contributed by atoms with Crippen molar-refractivity contribution in [3.8, 4) is 0 Å². The summed E-state index contributed by atoms with van der Waals surface area (Å²) >= 11 is 5.62. The van der Waals surface area contributed by atoms with Crippen molar-refractivity contribution < 1.29 is 8.42 Å². The first-order chi connectivity index (χ1) is 8.50. The van der Waals surface area contributed by atoms with Gasteiger partial charge in [0, 0.05) is 31.5 Å². The van der Waals surface area contributed by atoms with E-state index < -0.39 is 10.0 Å². The predicted octanol–water partition coefficient (Wildman–Crippen LogP) is 1.28. The number of aromatic amines is 1. The summed E-state index contributed by atoms with van der Waals surface area (Å²) in [6, 6.07) is 2.87. The summed E-state index contributed by atoms with van der Waals surface area (Å²) in [5.74, 6) is 0. The first-order valence-electron chi connectivity index (χ1n) is 5.06. The molecule has 6 nitrogen and oxygen atoms in total. The second kappa shape index (κ2) is 5.05. The van der Waals surface area contributed by atoms with Crippen LogP contribution in [0, 0.1) is 0 Å². The maximum atomic E-state index is 12.2. The van der Waals surface area contributed by atoms with Gasteiger partial charge in [-0.1, -0.05) is 11.6 Å². The van der Waals surface area contributed by atoms with E-state index in [0.29, 0.717) is 0 Å². The number of H-pyrrole nitrogens is 1. The van der Waals surface area contributed by atoms with Gasteiger partial charge in [-0.05, 0) is 12.1 Å². The van der Waals surface area contributed by atoms with Gasteiger partial charge in [0.2, 0.25) is 10.0 Å². The van der Waals surface area contributed by atoms with Crippen LogP contribution in [0.1, 0.15) is 5.56 Å². The minimum Gasteiger partial charge on any atom is -0.285 e. The molecular formula is C10H11ClN4O2S. The highest BCUT2D eigenvalue weighted by Crippen LogP contribution is 2.16. The first kappa shape index (κ1) is 13.0. The van der Waals surface area contributed by atoms with Gasteiger partial charge in [-0.15, -0.1) is 0 Å². The van der Waals surface area contributed by atoms with Crippen LogP contribution in [0.2, 0.25) is 5.15 Å². The summed E-state index contributed by atoms with van der Waals surface area (Å²) in [6.07, 6.45) is 4.46. The van der Waals surface area contributed by atoms with Crippen LogP contribution in [-0.2, 0) is 16.6 Å². The van der Waals surface area contributed by atoms with Gasteiger partial charge in [0.15, 0.2) is 0 Å². The number of aromatic nitrogens is 3. The fourth-order valence-corrected chi connectivity index (χ4v) is 2.62. The van der Waals surface area contributed by atoms with Crippen LogP contribution in [0.5, 0.6) is 0 Å². The lowest BCUT2D eigenvalue weighted by Crippen LogP contribution is -2.26. The lowest BCUT2D eigenvalue weighted by molar-refractivity contribution is 0.466. The third-order valence-corrected chi connectivity index (χ3v) is 4.38. The summed E-state index contributed by atoms with van der Waals surface area (Å²) in [5.41, 5.74) is 0.781. The fraction of sp³-hybridized carbons (Fsp3) is 0.200. The number of rotatable bonds is 4. The van der Waals surface area contributed by atoms with Crippen LogP contribution in [0.3, 0.4) is 0 Å². The average Bonchev–Trinajstić information content (AvgIpc) is 2.82. The molecule has 0 fully saturated rings. The van der Waals surface area contributed by atoms with Crippen LogP contribution in [0.4, 0.5) is 0 Å². The molecule has 0 spiro atoms. The molecular weight excluding hydrogens is 276 g/mol. The Bertz CT molecular complexity index is 610. The standard InChI is InChI=1S/C10H11ClN4O2S/c1-15(7-8-4-13-14-5-8)18(16,17)9-2-3-10(11)12-6-9/h2-6H,7H2,1H3,(H,13,14). The van der Waals surface area contributed by atoms with Gasteiger partial charge in [0.1, 0.15) is 10.0 Å². The second-order valence-corrected chi connectivity index (χ2v) is 6.12. The second-order valence-electron chi connectivity index (χ2n) is 3.68. The van der Waals surface area contributed by atoms with Crippen molar-refractivity contribution in [1.82, 2.24) is 19.5 Å². The molecule has 0 aliphatic carbocycles. The van der Waals surface area contributed by atoms with Crippen molar-refractivity contribution in [2.24, 2.45) is 0 Å². The zero-order chi connectivity index (χ0) is 13.2. The van der Waals surface area contributed by atoms with Crippen LogP contribution in [0.15, 0.2) is 35.6 Å². The smallest absolute Gasteiger partial charge is 0.244 e. The zero-order valence-corrected chi connectivity index (χ0v) is 11.1. The largest absolute Gasteiger partial charge is 0.285 e. The van der Waals surface area contributed by atoms with Gasteiger partial charge in [-0.3, -0.25) is 5.10 Å². The molecule has 0 atom stereocenters. The van der Waals surface area contributed by atoms with E-state index in [1.54, 1.807) is 12.4 Å². The number of nitrogens with one attached hydrogen (secondary N) is 1. The molecule has 0 aliphatic heterocycles. The van der Waals surface area contributed by atoms with Crippen molar-refractivity contribution in [3.05, 3.63) is 41.4 Å². The molecule has 1 N–H and O–H groups in total. The van der Waals surface area contributed by atoms with E-state index in [2.05, 4.69) is 15.2 Å². The van der Waals surface area contributed by atoms with Crippen molar-refractivity contribution in [2.75, 3.05) is 7.05 Å². The van der Waals surface area contributed by atoms with Crippen molar-refractivity contribution in [3.63, 3.8) is 0 Å². The van der Waals surface area contributed by atoms with Gasteiger partial charge in [-0.2, -0.15) is 9.40 Å². The third-order valence-electron chi connectivity index (χ3n) is 2.37. The molecule has 0 saturated heterocycles. The van der Waals surface area contributed by atoms with E-state index in [0.717, 1.165) is 5.56 Å². The van der Waals surface area contributed by atoms with Crippen molar-refractivity contribution in [2.45, 2.75) is 11.4 Å². The minimum absolute atomic E-state index is 0.109. The number of pyridine rings is 1. The van der Waals surface area contributed by atoms with E-state index in [-0.39, 0.29) is 16.6 Å². The van der Waals surface area contributed by atoms with Gasteiger partial charge < -0.3 is 0 Å². The molecule has 0 aromatic carbocycles. The zero-order valence-electron chi connectivity index (χ0n) is 9.54. The normalized spacial score (nSPS) is 11.9. The number of halogens is 1. The van der Waals surface area contributed by atoms with Crippen LogP contribution < -0.4 is 0 Å². The molecule has 8 heteroatoms. The van der Waals surface area contributed by atoms with Crippen molar-refractivity contribution >= 4 is 21.6 Å². The van der Waals surface area contributed by atoms with E-state index in [9.17, 15) is 8.42 Å². The van der Waals surface area contributed by atoms with Crippen LogP contribution in [0.25, 0.3) is 0 Å². The quantitative estimate of drug-likeness (QED) is 0.859. The highest BCUT2D eigenvalue weighted by atomic mass is 35.5. The molecule has 2 aromatic heterocycles. The molecule has 18 heavy (non-hydrogen) atoms. The summed E-state index contributed by atoms with van der Waals surface area (Å²) in [5, 5.41) is 6.65. The molecule has 2 rings (SSSR count). The van der Waals surface area contributed by atoms with E-state index in [4.69, 9.17) is 11.6 Å². The molecule has 96 valence electrons. The summed E-state index contributed by atoms with van der Waals surface area (Å²) < 4.78 is 25.6. The van der Waals surface area contributed by atoms with Gasteiger partial charge in [-0.25, -0.2) is 13.4 Å². The highest BCUT2D eigenvalue weighted by Gasteiger charge is 2.21. The van der Waals surface area contributed by atoms with Gasteiger partial charge in [0.05, 0.1) is 6.20 Å². The molecule has 0 amide bonds. The molecule has 0 aliphatic rings. The summed E-state index contributed by atoms with van der Waals surface area (Å²) in [4.78, 5) is 3.88. The van der Waals surface area contributed by atoms with Crippen LogP contribution in [-0.4, -0.2) is 35.0 Å². The highest BCUT2D eigenvalue weighted by molar-refractivity contribution is 7.89. The molecule has 0 bridgehead atoms. The summed E-state index contributed by atoms with van der Waals surface area (Å²) in [6.45, 7) is 0.238. The molecule has 2 aromatic rings. The Hall–Kier alpha value is -1.44. The maximum absolute atomic E-state index is 12.2. The topological polar surface area (TPSA) is 79.0 Å². The molecule has 0 radical (unpaired) electrons. The van der Waals surface area contributed by atoms with Crippen LogP contribution >= 0.6 is 11.6 Å². The SMILES string of the molecule is CN(Cc1cn[nH]c1)S(=O)(=O)c1ccc(Cl)nc1. The monoisotopic (exact) mass is 286 g/mol. The lowest BCUT2D eigenvalue weighted by atomic mass is 10.4. The molecule has 0 unspecified atom stereocenters. The number of sulfonamides is 1. The first-order valence-corrected chi connectivity index (χ1v) is 6.87. The number of hydrogen-bond acceptors (Lipinski definition) is 4. The predicted molar refractivity (Wildman–Crippen MR) is 66.5 cm³/mol. The van der Waals surface area contributed by atoms with Gasteiger partial charge in [0.25, 0.3) is 0 Å². The molecule has 2 heterocycles. The van der Waals surface area contributed by atoms with E-state index in [1.807, 2.05) is 0 Å². The Morgan fingerprint density at radius 1 is 1.39 bits per heavy atom. The summed E-state index contributed by atoms with van der Waals surface area (Å²) in [7, 11) is -2.06. The Labute approximate surface area is 110 Å². The Kier molecular flexibility index (Phi) is 3.65. The molecule has 0 saturated carbocycles. The minimum atomic E-state index is -3.56.